The monoisotopic (exact) mass is 320 g/mol. The third-order valence-corrected chi connectivity index (χ3v) is 4.63. The van der Waals surface area contributed by atoms with Crippen LogP contribution in [0.25, 0.3) is 5.69 Å². The van der Waals surface area contributed by atoms with Crippen molar-refractivity contribution in [2.75, 3.05) is 0 Å². The zero-order valence-corrected chi connectivity index (χ0v) is 13.4. The van der Waals surface area contributed by atoms with Crippen LogP contribution in [0.1, 0.15) is 39.5 Å². The number of rotatable bonds is 2. The van der Waals surface area contributed by atoms with Gasteiger partial charge in [0.2, 0.25) is 0 Å². The Hall–Kier alpha value is -2.75. The van der Waals surface area contributed by atoms with E-state index in [1.165, 1.54) is 23.3 Å². The van der Waals surface area contributed by atoms with Gasteiger partial charge in [0.25, 0.3) is 0 Å². The van der Waals surface area contributed by atoms with Gasteiger partial charge in [0.15, 0.2) is 5.78 Å². The second kappa shape index (κ2) is 5.71. The molecule has 0 bridgehead atoms. The average Bonchev–Trinajstić information content (AvgIpc) is 3.00. The van der Waals surface area contributed by atoms with Gasteiger partial charge in [-0.05, 0) is 49.1 Å². The molecule has 0 unspecified atom stereocenters. The standard InChI is InChI=1S/C20H17FN2O/c1-13-3-2-4-14(9-13)15-10-19-18(20(24)11-15)12-22-23(19)17-7-5-16(21)6-8-17/h2-9,12,15H,10-11H2,1H3/t15-/m1/s1. The van der Waals surface area contributed by atoms with Crippen LogP contribution in [0.5, 0.6) is 0 Å². The van der Waals surface area contributed by atoms with Crippen LogP contribution in [0.2, 0.25) is 0 Å². The molecule has 0 aliphatic heterocycles. The molecular weight excluding hydrogens is 303 g/mol. The lowest BCUT2D eigenvalue weighted by atomic mass is 9.82. The largest absolute Gasteiger partial charge is 0.294 e. The third-order valence-electron chi connectivity index (χ3n) is 4.63. The van der Waals surface area contributed by atoms with Gasteiger partial charge in [-0.3, -0.25) is 4.79 Å². The first-order valence-electron chi connectivity index (χ1n) is 8.04. The van der Waals surface area contributed by atoms with E-state index in [1.807, 2.05) is 6.07 Å². The maximum atomic E-state index is 13.2. The van der Waals surface area contributed by atoms with Crippen molar-refractivity contribution >= 4 is 5.78 Å². The molecule has 0 radical (unpaired) electrons. The molecule has 2 aromatic carbocycles. The number of ketones is 1. The van der Waals surface area contributed by atoms with Crippen molar-refractivity contribution in [3.8, 4) is 5.69 Å². The van der Waals surface area contributed by atoms with Crippen molar-refractivity contribution < 1.29 is 9.18 Å². The summed E-state index contributed by atoms with van der Waals surface area (Å²) < 4.78 is 14.9. The van der Waals surface area contributed by atoms with E-state index in [4.69, 9.17) is 0 Å². The van der Waals surface area contributed by atoms with Crippen LogP contribution in [0.3, 0.4) is 0 Å². The molecule has 0 saturated carbocycles. The number of nitrogens with zero attached hydrogens (tertiary/aromatic N) is 2. The van der Waals surface area contributed by atoms with Gasteiger partial charge in [-0.25, -0.2) is 9.07 Å². The fraction of sp³-hybridized carbons (Fsp3) is 0.200. The van der Waals surface area contributed by atoms with Crippen LogP contribution < -0.4 is 0 Å². The zero-order chi connectivity index (χ0) is 16.7. The van der Waals surface area contributed by atoms with Crippen molar-refractivity contribution in [3.05, 3.63) is 82.9 Å². The predicted molar refractivity (Wildman–Crippen MR) is 90.1 cm³/mol. The number of carbonyl (C=O) groups is 1. The van der Waals surface area contributed by atoms with Gasteiger partial charge in [-0.15, -0.1) is 0 Å². The fourth-order valence-electron chi connectivity index (χ4n) is 3.41. The molecule has 3 aromatic rings. The fourth-order valence-corrected chi connectivity index (χ4v) is 3.41. The van der Waals surface area contributed by atoms with Crippen LogP contribution in [-0.2, 0) is 6.42 Å². The van der Waals surface area contributed by atoms with Gasteiger partial charge in [-0.1, -0.05) is 29.8 Å². The van der Waals surface area contributed by atoms with Crippen molar-refractivity contribution in [3.63, 3.8) is 0 Å². The van der Waals surface area contributed by atoms with Crippen LogP contribution in [0.4, 0.5) is 4.39 Å². The highest BCUT2D eigenvalue weighted by atomic mass is 19.1. The van der Waals surface area contributed by atoms with Gasteiger partial charge in [0, 0.05) is 6.42 Å². The molecule has 1 atom stereocenters. The number of fused-ring (bicyclic) bond motifs is 1. The molecule has 0 spiro atoms. The van der Waals surface area contributed by atoms with Crippen LogP contribution in [0.15, 0.2) is 54.7 Å². The van der Waals surface area contributed by atoms with Crippen LogP contribution >= 0.6 is 0 Å². The highest BCUT2D eigenvalue weighted by Gasteiger charge is 2.30. The number of benzene rings is 2. The molecule has 24 heavy (non-hydrogen) atoms. The van der Waals surface area contributed by atoms with Crippen molar-refractivity contribution in [1.82, 2.24) is 9.78 Å². The number of aromatic nitrogens is 2. The molecule has 3 nitrogen and oxygen atoms in total. The van der Waals surface area contributed by atoms with E-state index < -0.39 is 0 Å². The first-order chi connectivity index (χ1) is 11.6. The van der Waals surface area contributed by atoms with Gasteiger partial charge in [0.1, 0.15) is 5.82 Å². The summed E-state index contributed by atoms with van der Waals surface area (Å²) in [6, 6.07) is 14.5. The lowest BCUT2D eigenvalue weighted by Gasteiger charge is -2.23. The summed E-state index contributed by atoms with van der Waals surface area (Å²) >= 11 is 0. The first kappa shape index (κ1) is 14.8. The Morgan fingerprint density at radius 1 is 1.12 bits per heavy atom. The number of carbonyl (C=O) groups excluding carboxylic acids is 1. The van der Waals surface area contributed by atoms with E-state index in [9.17, 15) is 9.18 Å². The number of halogens is 1. The van der Waals surface area contributed by atoms with Gasteiger partial charge < -0.3 is 0 Å². The normalized spacial score (nSPS) is 16.9. The van der Waals surface area contributed by atoms with E-state index in [0.717, 1.165) is 17.8 Å². The maximum Gasteiger partial charge on any atom is 0.166 e. The van der Waals surface area contributed by atoms with E-state index in [1.54, 1.807) is 23.0 Å². The Labute approximate surface area is 139 Å². The first-order valence-corrected chi connectivity index (χ1v) is 8.04. The molecule has 0 saturated heterocycles. The summed E-state index contributed by atoms with van der Waals surface area (Å²) in [6.07, 6.45) is 2.89. The average molecular weight is 320 g/mol. The Morgan fingerprint density at radius 3 is 2.67 bits per heavy atom. The molecule has 1 aliphatic carbocycles. The Bertz CT molecular complexity index is 912. The van der Waals surface area contributed by atoms with Gasteiger partial charge >= 0.3 is 0 Å². The van der Waals surface area contributed by atoms with E-state index in [2.05, 4.69) is 30.2 Å². The number of hydrogen-bond acceptors (Lipinski definition) is 2. The minimum absolute atomic E-state index is 0.121. The second-order valence-electron chi connectivity index (χ2n) is 6.34. The molecule has 0 amide bonds. The van der Waals surface area contributed by atoms with Crippen LogP contribution in [-0.4, -0.2) is 15.6 Å². The molecule has 1 aliphatic rings. The minimum Gasteiger partial charge on any atom is -0.294 e. The lowest BCUT2D eigenvalue weighted by Crippen LogP contribution is -2.20. The molecular formula is C20H17FN2O. The summed E-state index contributed by atoms with van der Waals surface area (Å²) in [6.45, 7) is 2.06. The molecule has 0 N–H and O–H groups in total. The Kier molecular flexibility index (Phi) is 3.53. The number of hydrogen-bond donors (Lipinski definition) is 0. The summed E-state index contributed by atoms with van der Waals surface area (Å²) in [7, 11) is 0. The number of aryl methyl sites for hydroxylation is 1. The topological polar surface area (TPSA) is 34.9 Å². The van der Waals surface area contributed by atoms with Gasteiger partial charge in [-0.2, -0.15) is 5.10 Å². The molecule has 1 aromatic heterocycles. The summed E-state index contributed by atoms with van der Waals surface area (Å²) in [4.78, 5) is 12.5. The van der Waals surface area contributed by atoms with Gasteiger partial charge in [0.05, 0.1) is 23.1 Å². The smallest absolute Gasteiger partial charge is 0.166 e. The van der Waals surface area contributed by atoms with E-state index in [0.29, 0.717) is 12.0 Å². The van der Waals surface area contributed by atoms with E-state index in [-0.39, 0.29) is 17.5 Å². The minimum atomic E-state index is -0.284. The van der Waals surface area contributed by atoms with Crippen LogP contribution in [0, 0.1) is 12.7 Å². The summed E-state index contributed by atoms with van der Waals surface area (Å²) in [5.41, 5.74) is 4.74. The zero-order valence-electron chi connectivity index (χ0n) is 13.4. The summed E-state index contributed by atoms with van der Waals surface area (Å²) in [5, 5.41) is 4.37. The third kappa shape index (κ3) is 2.54. The molecule has 4 rings (SSSR count). The van der Waals surface area contributed by atoms with E-state index >= 15 is 0 Å². The Balaban J connectivity index is 1.75. The summed E-state index contributed by atoms with van der Waals surface area (Å²) in [5.74, 6) is -0.00889. The van der Waals surface area contributed by atoms with Crippen molar-refractivity contribution in [1.29, 1.82) is 0 Å². The highest BCUT2D eigenvalue weighted by Crippen LogP contribution is 2.34. The number of Topliss-reactive ketones (excluding diaryl/α,β-unsaturated/α-hetero) is 1. The molecule has 120 valence electrons. The predicted octanol–water partition coefficient (Wildman–Crippen LogP) is 4.23. The second-order valence-corrected chi connectivity index (χ2v) is 6.34. The van der Waals surface area contributed by atoms with Crippen molar-refractivity contribution in [2.24, 2.45) is 0 Å². The lowest BCUT2D eigenvalue weighted by molar-refractivity contribution is 0.0963. The molecule has 4 heteroatoms. The van der Waals surface area contributed by atoms with Crippen molar-refractivity contribution in [2.45, 2.75) is 25.7 Å². The quantitative estimate of drug-likeness (QED) is 0.708. The SMILES string of the molecule is Cc1cccc([C@H]2CC(=O)c3cnn(-c4ccc(F)cc4)c3C2)c1. The maximum absolute atomic E-state index is 13.2. The highest BCUT2D eigenvalue weighted by molar-refractivity contribution is 5.98. The molecule has 1 heterocycles. The Morgan fingerprint density at radius 2 is 1.92 bits per heavy atom. The molecule has 0 fully saturated rings.